The molecule has 0 aliphatic heterocycles. The molecule has 0 aliphatic carbocycles. The molecule has 0 bridgehead atoms. The minimum Gasteiger partial charge on any atom is -1.00 e. The van der Waals surface area contributed by atoms with Crippen LogP contribution >= 0.6 is 0 Å². The molecular weight excluding hydrogens is 737 g/mol. The van der Waals surface area contributed by atoms with Crippen LogP contribution in [0.5, 0.6) is 0 Å². The molecule has 46 heavy (non-hydrogen) atoms. The fourth-order valence-electron chi connectivity index (χ4n) is 5.17. The molecule has 0 unspecified atom stereocenters. The second kappa shape index (κ2) is 17.5. The largest absolute Gasteiger partial charge is 4.00 e. The summed E-state index contributed by atoms with van der Waals surface area (Å²) in [5, 5.41) is 3.66. The zero-order valence-electron chi connectivity index (χ0n) is 25.4. The van der Waals surface area contributed by atoms with Gasteiger partial charge >= 0.3 is 38.6 Å². The molecular formula is C36H30Cl2F6SiZr. The van der Waals surface area contributed by atoms with Crippen molar-refractivity contribution in [2.45, 2.75) is 39.3 Å². The van der Waals surface area contributed by atoms with Crippen molar-refractivity contribution in [1.82, 2.24) is 0 Å². The van der Waals surface area contributed by atoms with Crippen molar-refractivity contribution >= 4 is 31.1 Å². The van der Waals surface area contributed by atoms with E-state index >= 15 is 0 Å². The van der Waals surface area contributed by atoms with Gasteiger partial charge in [0.2, 0.25) is 0 Å². The molecule has 0 amide bonds. The third-order valence-corrected chi connectivity index (χ3v) is 6.84. The normalized spacial score (nSPS) is 10.8. The Kier molecular flexibility index (Phi) is 15.7. The predicted molar refractivity (Wildman–Crippen MR) is 167 cm³/mol. The average molecular weight is 767 g/mol. The van der Waals surface area contributed by atoms with Gasteiger partial charge in [-0.15, -0.1) is 69.1 Å². The summed E-state index contributed by atoms with van der Waals surface area (Å²) in [4.78, 5) is 0. The Hall–Kier alpha value is -2.64. The molecule has 0 aliphatic rings. The van der Waals surface area contributed by atoms with Crippen LogP contribution in [0.25, 0.3) is 43.8 Å². The van der Waals surface area contributed by atoms with E-state index in [0.717, 1.165) is 54.3 Å². The van der Waals surface area contributed by atoms with Gasteiger partial charge in [0.1, 0.15) is 0 Å². The predicted octanol–water partition coefficient (Wildman–Crippen LogP) is 5.90. The maximum Gasteiger partial charge on any atom is 4.00 e. The van der Waals surface area contributed by atoms with Crippen LogP contribution in [0.15, 0.2) is 109 Å². The fraction of sp³-hybridized carbons (Fsp3) is 0.167. The van der Waals surface area contributed by atoms with Crippen molar-refractivity contribution in [1.29, 1.82) is 0 Å². The number of alkyl halides is 6. The van der Waals surface area contributed by atoms with Gasteiger partial charge in [-0.25, -0.2) is 0 Å². The van der Waals surface area contributed by atoms with E-state index in [1.165, 1.54) is 24.3 Å². The van der Waals surface area contributed by atoms with Crippen molar-refractivity contribution in [2.75, 3.05) is 0 Å². The molecule has 0 fully saturated rings. The molecule has 238 valence electrons. The van der Waals surface area contributed by atoms with Crippen LogP contribution < -0.4 is 24.8 Å². The Bertz CT molecular complexity index is 1700. The van der Waals surface area contributed by atoms with Crippen LogP contribution in [0.2, 0.25) is 13.1 Å². The van der Waals surface area contributed by atoms with Crippen molar-refractivity contribution in [3.8, 4) is 22.3 Å². The summed E-state index contributed by atoms with van der Waals surface area (Å²) >= 11 is 0. The van der Waals surface area contributed by atoms with Crippen LogP contribution in [-0.2, 0) is 38.6 Å². The topological polar surface area (TPSA) is 0 Å². The van der Waals surface area contributed by atoms with Gasteiger partial charge in [-0.05, 0) is 23.3 Å². The molecule has 6 aromatic carbocycles. The van der Waals surface area contributed by atoms with E-state index in [2.05, 4.69) is 13.1 Å². The molecule has 6 rings (SSSR count). The van der Waals surface area contributed by atoms with Crippen LogP contribution in [0, 0.1) is 13.8 Å². The van der Waals surface area contributed by atoms with Gasteiger partial charge in [-0.3, -0.25) is 0 Å². The number of fused-ring (bicyclic) bond motifs is 2. The minimum atomic E-state index is -4.35. The Labute approximate surface area is 299 Å². The fourth-order valence-corrected chi connectivity index (χ4v) is 5.17. The van der Waals surface area contributed by atoms with Crippen LogP contribution in [0.1, 0.15) is 22.3 Å². The molecule has 6 aromatic rings. The first-order valence-electron chi connectivity index (χ1n) is 13.6. The molecule has 0 atom stereocenters. The van der Waals surface area contributed by atoms with Gasteiger partial charge in [0, 0.05) is 9.52 Å². The molecule has 0 saturated heterocycles. The van der Waals surface area contributed by atoms with Crippen molar-refractivity contribution in [2.24, 2.45) is 0 Å². The summed E-state index contributed by atoms with van der Waals surface area (Å²) < 4.78 is 78.8. The van der Waals surface area contributed by atoms with Gasteiger partial charge in [0.15, 0.2) is 0 Å². The number of benzene rings is 4. The van der Waals surface area contributed by atoms with Gasteiger partial charge in [0.25, 0.3) is 0 Å². The molecule has 0 spiro atoms. The average Bonchev–Trinajstić information content (AvgIpc) is 3.53. The molecule has 0 nitrogen and oxygen atoms in total. The summed E-state index contributed by atoms with van der Waals surface area (Å²) in [6.45, 7) is 8.19. The summed E-state index contributed by atoms with van der Waals surface area (Å²) in [7, 11) is 1.08. The SMILES string of the molecule is C[Si]C.Cc1cc2c(-c3ccccc3C(F)(F)F)cccc2[cH-]1.Cc1cc2c(-c3ccccc3C(F)(F)F)cccc2[cH-]1.[Cl-].[Cl-].[Zr+4]. The maximum absolute atomic E-state index is 13.1. The number of aryl methyl sites for hydroxylation is 2. The van der Waals surface area contributed by atoms with Gasteiger partial charge in [-0.1, -0.05) is 86.6 Å². The van der Waals surface area contributed by atoms with E-state index < -0.39 is 23.5 Å². The number of rotatable bonds is 2. The number of halogens is 8. The van der Waals surface area contributed by atoms with Crippen LogP contribution in [0.4, 0.5) is 26.3 Å². The molecule has 0 heterocycles. The van der Waals surface area contributed by atoms with E-state index in [1.54, 1.807) is 36.4 Å². The van der Waals surface area contributed by atoms with Gasteiger partial charge in [0.05, 0.1) is 11.1 Å². The zero-order chi connectivity index (χ0) is 31.4. The maximum atomic E-state index is 13.1. The second-order valence-corrected chi connectivity index (χ2v) is 11.3. The summed E-state index contributed by atoms with van der Waals surface area (Å²) in [5.74, 6) is 0. The number of hydrogen-bond donors (Lipinski definition) is 0. The Balaban J connectivity index is 0.000000400. The third-order valence-electron chi connectivity index (χ3n) is 6.84. The molecule has 10 heteroatoms. The Morgan fingerprint density at radius 1 is 0.500 bits per heavy atom. The van der Waals surface area contributed by atoms with Gasteiger partial charge < -0.3 is 24.8 Å². The first kappa shape index (κ1) is 41.4. The molecule has 0 aromatic heterocycles. The molecule has 0 N–H and O–H groups in total. The minimum absolute atomic E-state index is 0. The first-order valence-corrected chi connectivity index (χ1v) is 15.6. The molecule has 2 radical (unpaired) electrons. The summed E-state index contributed by atoms with van der Waals surface area (Å²) in [6, 6.07) is 30.2. The van der Waals surface area contributed by atoms with E-state index in [4.69, 9.17) is 0 Å². The van der Waals surface area contributed by atoms with Crippen LogP contribution in [0.3, 0.4) is 0 Å². The van der Waals surface area contributed by atoms with E-state index in [0.29, 0.717) is 11.1 Å². The van der Waals surface area contributed by atoms with Crippen molar-refractivity contribution in [3.63, 3.8) is 0 Å². The second-order valence-electron chi connectivity index (χ2n) is 10.3. The molecule has 0 saturated carbocycles. The smallest absolute Gasteiger partial charge is 1.00 e. The first-order chi connectivity index (χ1) is 20.3. The van der Waals surface area contributed by atoms with E-state index in [9.17, 15) is 26.3 Å². The van der Waals surface area contributed by atoms with Crippen molar-refractivity contribution in [3.05, 3.63) is 131 Å². The van der Waals surface area contributed by atoms with E-state index in [1.807, 2.05) is 50.2 Å². The monoisotopic (exact) mass is 764 g/mol. The summed E-state index contributed by atoms with van der Waals surface area (Å²) in [6.07, 6.45) is -8.69. The summed E-state index contributed by atoms with van der Waals surface area (Å²) in [5.41, 5.74) is 2.64. The Morgan fingerprint density at radius 2 is 0.804 bits per heavy atom. The standard InChI is InChI=1S/2C17H12F3.C2H6Si.2ClH.Zr/c2*1-11-9-12-5-4-7-13(15(12)10-11)14-6-2-3-8-16(14)17(18,19)20;1-3-2;;;/h2*2-10H,1H3;1-2H3;2*1H;/q2*-1;;;;+4/p-2. The van der Waals surface area contributed by atoms with Gasteiger partial charge in [-0.2, -0.15) is 38.5 Å². The Morgan fingerprint density at radius 3 is 1.13 bits per heavy atom. The van der Waals surface area contributed by atoms with E-state index in [-0.39, 0.29) is 62.1 Å². The van der Waals surface area contributed by atoms with Crippen molar-refractivity contribution < 1.29 is 77.4 Å². The zero-order valence-corrected chi connectivity index (χ0v) is 30.4. The third kappa shape index (κ3) is 9.70. The quantitative estimate of drug-likeness (QED) is 0.117. The van der Waals surface area contributed by atoms with Crippen LogP contribution in [-0.4, -0.2) is 9.52 Å². The number of hydrogen-bond acceptors (Lipinski definition) is 0.